The summed E-state index contributed by atoms with van der Waals surface area (Å²) >= 11 is 0. The van der Waals surface area contributed by atoms with Gasteiger partial charge in [-0.25, -0.2) is 8.96 Å². The molecule has 0 saturated heterocycles. The van der Waals surface area contributed by atoms with Gasteiger partial charge < -0.3 is 29.7 Å². The number of halogens is 1. The van der Waals surface area contributed by atoms with Gasteiger partial charge in [-0.05, 0) is 41.3 Å². The van der Waals surface area contributed by atoms with Crippen LogP contribution in [-0.4, -0.2) is 39.8 Å². The van der Waals surface area contributed by atoms with E-state index in [-0.39, 0.29) is 12.5 Å². The molecule has 2 heterocycles. The molecule has 1 aromatic heterocycles. The number of nitrogens with zero attached hydrogens (tertiary/aromatic N) is 2. The average molecular weight is 501 g/mol. The van der Waals surface area contributed by atoms with E-state index in [0.717, 1.165) is 16.7 Å². The van der Waals surface area contributed by atoms with E-state index in [0.29, 0.717) is 35.6 Å². The molecule has 35 heavy (non-hydrogen) atoms. The molecule has 0 fully saturated rings. The third kappa shape index (κ3) is 6.66. The Labute approximate surface area is 201 Å². The molecule has 2 aromatic carbocycles. The first kappa shape index (κ1) is 24.8. The minimum Gasteiger partial charge on any atom is -0.497 e. The highest BCUT2D eigenvalue weighted by Gasteiger charge is 2.25. The summed E-state index contributed by atoms with van der Waals surface area (Å²) in [6.07, 6.45) is 5.37. The van der Waals surface area contributed by atoms with Crippen LogP contribution in [0.1, 0.15) is 28.1 Å². The van der Waals surface area contributed by atoms with Crippen LogP contribution < -0.4 is 10.5 Å². The first-order chi connectivity index (χ1) is 16.7. The molecule has 0 spiro atoms. The molecule has 0 saturated carbocycles. The van der Waals surface area contributed by atoms with Crippen LogP contribution >= 0.6 is 7.82 Å². The molecule has 4 N–H and O–H groups in total. The number of allylic oxidation sites excluding steroid dienone is 2. The van der Waals surface area contributed by atoms with Crippen molar-refractivity contribution >= 4 is 13.4 Å². The predicted molar refractivity (Wildman–Crippen MR) is 126 cm³/mol. The van der Waals surface area contributed by atoms with E-state index in [2.05, 4.69) is 9.68 Å². The first-order valence-electron chi connectivity index (χ1n) is 10.7. The zero-order valence-corrected chi connectivity index (χ0v) is 19.8. The fourth-order valence-corrected chi connectivity index (χ4v) is 4.00. The smallest absolute Gasteiger partial charge is 0.471 e. The molecular weight excluding hydrogens is 476 g/mol. The second-order valence-corrected chi connectivity index (χ2v) is 9.26. The number of aromatic nitrogens is 1. The van der Waals surface area contributed by atoms with E-state index in [9.17, 15) is 8.96 Å². The van der Waals surface area contributed by atoms with Crippen LogP contribution in [0, 0.1) is 5.82 Å². The topological polar surface area (TPSA) is 131 Å². The van der Waals surface area contributed by atoms with Crippen LogP contribution in [-0.2, 0) is 21.9 Å². The maximum Gasteiger partial charge on any atom is 0.471 e. The summed E-state index contributed by atoms with van der Waals surface area (Å²) < 4.78 is 39.9. The van der Waals surface area contributed by atoms with Crippen LogP contribution in [0.5, 0.6) is 5.75 Å². The normalized spacial score (nSPS) is 15.9. The van der Waals surface area contributed by atoms with Crippen LogP contribution in [0.4, 0.5) is 4.39 Å². The molecule has 0 amide bonds. The maximum absolute atomic E-state index is 13.7. The van der Waals surface area contributed by atoms with Gasteiger partial charge in [0.1, 0.15) is 24.5 Å². The molecule has 1 atom stereocenters. The van der Waals surface area contributed by atoms with Crippen molar-refractivity contribution in [1.82, 2.24) is 10.1 Å². The van der Waals surface area contributed by atoms with Crippen molar-refractivity contribution in [2.45, 2.75) is 19.0 Å². The molecular formula is C24H25FN3O6P. The second-order valence-electron chi connectivity index (χ2n) is 8.02. The van der Waals surface area contributed by atoms with Crippen molar-refractivity contribution < 1.29 is 32.5 Å². The Morgan fingerprint density at radius 2 is 1.83 bits per heavy atom. The average Bonchev–Trinajstić information content (AvgIpc) is 3.27. The summed E-state index contributed by atoms with van der Waals surface area (Å²) in [5, 5.41) is 4.13. The minimum atomic E-state index is -4.62. The zero-order valence-electron chi connectivity index (χ0n) is 18.9. The molecule has 9 nitrogen and oxygen atoms in total. The Morgan fingerprint density at radius 3 is 2.51 bits per heavy atom. The Kier molecular flexibility index (Phi) is 7.49. The SMILES string of the molecule is COc1cc(F)cc(Cc2ccc(Cc3cc(C4=CC=CN(COP(=O)(O)O)C4N)on3)cc2)c1. The Bertz CT molecular complexity index is 1280. The molecule has 4 rings (SSSR count). The monoisotopic (exact) mass is 501 g/mol. The molecule has 1 aliphatic rings. The largest absolute Gasteiger partial charge is 0.497 e. The lowest BCUT2D eigenvalue weighted by Gasteiger charge is -2.30. The van der Waals surface area contributed by atoms with Crippen LogP contribution in [0.15, 0.2) is 71.4 Å². The quantitative estimate of drug-likeness (QED) is 0.377. The third-order valence-electron chi connectivity index (χ3n) is 5.43. The van der Waals surface area contributed by atoms with Gasteiger partial charge in [0.05, 0.1) is 12.8 Å². The Hall–Kier alpha value is -3.27. The number of rotatable bonds is 9. The van der Waals surface area contributed by atoms with Crippen molar-refractivity contribution in [3.05, 3.63) is 101 Å². The zero-order chi connectivity index (χ0) is 25.0. The van der Waals surface area contributed by atoms with E-state index in [1.165, 1.54) is 24.1 Å². The molecule has 1 aliphatic heterocycles. The van der Waals surface area contributed by atoms with Gasteiger partial charge in [-0.1, -0.05) is 35.5 Å². The van der Waals surface area contributed by atoms with Crippen LogP contribution in [0.3, 0.4) is 0 Å². The molecule has 3 aromatic rings. The molecule has 1 unspecified atom stereocenters. The van der Waals surface area contributed by atoms with Crippen molar-refractivity contribution in [1.29, 1.82) is 0 Å². The third-order valence-corrected chi connectivity index (χ3v) is 5.88. The number of ether oxygens (including phenoxy) is 1. The van der Waals surface area contributed by atoms with Gasteiger partial charge in [0, 0.05) is 30.3 Å². The lowest BCUT2D eigenvalue weighted by atomic mass is 10.0. The first-order valence-corrected chi connectivity index (χ1v) is 12.2. The van der Waals surface area contributed by atoms with Gasteiger partial charge in [0.2, 0.25) is 0 Å². The summed E-state index contributed by atoms with van der Waals surface area (Å²) in [7, 11) is -3.12. The number of benzene rings is 2. The summed E-state index contributed by atoms with van der Waals surface area (Å²) in [6, 6.07) is 14.4. The Morgan fingerprint density at radius 1 is 1.11 bits per heavy atom. The maximum atomic E-state index is 13.7. The molecule has 184 valence electrons. The van der Waals surface area contributed by atoms with Gasteiger partial charge >= 0.3 is 7.82 Å². The van der Waals surface area contributed by atoms with Gasteiger partial charge in [-0.3, -0.25) is 4.52 Å². The van der Waals surface area contributed by atoms with E-state index in [4.69, 9.17) is 24.8 Å². The Balaban J connectivity index is 1.39. The number of hydrogen-bond donors (Lipinski definition) is 3. The minimum absolute atomic E-state index is 0.335. The van der Waals surface area contributed by atoms with Crippen molar-refractivity contribution in [3.63, 3.8) is 0 Å². The summed E-state index contributed by atoms with van der Waals surface area (Å²) in [6.45, 7) is -0.380. The van der Waals surface area contributed by atoms with E-state index in [1.54, 1.807) is 24.4 Å². The number of phosphoric ester groups is 1. The molecule has 0 bridgehead atoms. The molecule has 0 aliphatic carbocycles. The van der Waals surface area contributed by atoms with Crippen molar-refractivity contribution in [3.8, 4) is 5.75 Å². The lowest BCUT2D eigenvalue weighted by molar-refractivity contribution is 0.110. The number of hydrogen-bond acceptors (Lipinski definition) is 7. The fraction of sp³-hybridized carbons (Fsp3) is 0.208. The molecule has 11 heteroatoms. The van der Waals surface area contributed by atoms with Crippen LogP contribution in [0.2, 0.25) is 0 Å². The lowest BCUT2D eigenvalue weighted by Crippen LogP contribution is -2.41. The predicted octanol–water partition coefficient (Wildman–Crippen LogP) is 3.57. The van der Waals surface area contributed by atoms with Gasteiger partial charge in [0.25, 0.3) is 0 Å². The fourth-order valence-electron chi connectivity index (χ4n) is 3.71. The summed E-state index contributed by atoms with van der Waals surface area (Å²) in [5.74, 6) is 0.604. The van der Waals surface area contributed by atoms with Crippen molar-refractivity contribution in [2.75, 3.05) is 13.8 Å². The molecule has 0 radical (unpaired) electrons. The van der Waals surface area contributed by atoms with Crippen molar-refractivity contribution in [2.24, 2.45) is 5.73 Å². The summed E-state index contributed by atoms with van der Waals surface area (Å²) in [4.78, 5) is 19.3. The van der Waals surface area contributed by atoms with E-state index >= 15 is 0 Å². The highest BCUT2D eigenvalue weighted by atomic mass is 31.2. The van der Waals surface area contributed by atoms with E-state index < -0.39 is 14.0 Å². The standard InChI is InChI=1S/C24H25FN3O6P/c1-32-21-12-18(10-19(25)13-21)9-16-4-6-17(7-5-16)11-20-14-23(34-27-20)22-3-2-8-28(24(22)26)15-33-35(29,30)31/h2-8,10,12-14,24H,9,11,15,26H2,1H3,(H2,29,30,31). The van der Waals surface area contributed by atoms with Gasteiger partial charge in [-0.15, -0.1) is 0 Å². The second kappa shape index (κ2) is 10.6. The highest BCUT2D eigenvalue weighted by Crippen LogP contribution is 2.36. The van der Waals surface area contributed by atoms with Gasteiger partial charge in [0.15, 0.2) is 5.76 Å². The highest BCUT2D eigenvalue weighted by molar-refractivity contribution is 7.46. The van der Waals surface area contributed by atoms with Crippen LogP contribution in [0.25, 0.3) is 5.57 Å². The summed E-state index contributed by atoms with van der Waals surface area (Å²) in [5.41, 5.74) is 10.4. The van der Waals surface area contributed by atoms with E-state index in [1.807, 2.05) is 30.3 Å². The number of nitrogens with two attached hydrogens (primary N) is 1. The van der Waals surface area contributed by atoms with Gasteiger partial charge in [-0.2, -0.15) is 0 Å². The number of phosphoric acid groups is 1. The number of methoxy groups -OCH3 is 1.